The molecule has 1 heterocycles. The number of rotatable bonds is 2. The quantitative estimate of drug-likeness (QED) is 0.612. The van der Waals surface area contributed by atoms with Crippen molar-refractivity contribution in [1.82, 2.24) is 9.97 Å². The monoisotopic (exact) mass is 253 g/mol. The number of nitrogens with zero attached hydrogens (tertiary/aromatic N) is 1. The van der Waals surface area contributed by atoms with Crippen LogP contribution in [0.3, 0.4) is 0 Å². The Hall–Kier alpha value is -2.82. The molecule has 0 aliphatic rings. The molecule has 3 rings (SSSR count). The third-order valence-electron chi connectivity index (χ3n) is 2.94. The molecule has 19 heavy (non-hydrogen) atoms. The minimum Gasteiger partial charge on any atom is -0.478 e. The maximum Gasteiger partial charge on any atom is 0.335 e. The summed E-state index contributed by atoms with van der Waals surface area (Å²) in [6, 6.07) is 12.2. The van der Waals surface area contributed by atoms with Crippen molar-refractivity contribution in [1.29, 1.82) is 0 Å². The summed E-state index contributed by atoms with van der Waals surface area (Å²) >= 11 is 0. The van der Waals surface area contributed by atoms with Crippen LogP contribution in [0.1, 0.15) is 10.4 Å². The van der Waals surface area contributed by atoms with Gasteiger partial charge in [0.15, 0.2) is 0 Å². The Bertz CT molecular complexity index is 777. The molecule has 0 fully saturated rings. The maximum atomic E-state index is 10.9. The number of H-pyrrole nitrogens is 1. The van der Waals surface area contributed by atoms with Gasteiger partial charge in [0.25, 0.3) is 0 Å². The van der Waals surface area contributed by atoms with Gasteiger partial charge in [0.05, 0.1) is 16.6 Å². The van der Waals surface area contributed by atoms with Gasteiger partial charge in [-0.1, -0.05) is 12.1 Å². The molecule has 3 aromatic rings. The standard InChI is InChI=1S/C14H11N3O2/c15-10-4-2-1-3-9(10)13-16-11-6-5-8(14(18)19)7-12(11)17-13/h1-7H,15H2,(H,16,17)(H,18,19). The first kappa shape index (κ1) is 11.3. The molecule has 0 bridgehead atoms. The average Bonchev–Trinajstić information content (AvgIpc) is 2.81. The van der Waals surface area contributed by atoms with E-state index in [0.29, 0.717) is 22.5 Å². The number of aromatic carboxylic acids is 1. The Labute approximate surface area is 108 Å². The summed E-state index contributed by atoms with van der Waals surface area (Å²) in [5.41, 5.74) is 8.94. The number of para-hydroxylation sites is 1. The second-order valence-electron chi connectivity index (χ2n) is 4.21. The highest BCUT2D eigenvalue weighted by molar-refractivity contribution is 5.93. The Morgan fingerprint density at radius 3 is 2.74 bits per heavy atom. The fourth-order valence-electron chi connectivity index (χ4n) is 1.98. The SMILES string of the molecule is Nc1ccccc1-c1nc2ccc(C(=O)O)cc2[nH]1. The van der Waals surface area contributed by atoms with E-state index in [1.807, 2.05) is 18.2 Å². The number of benzene rings is 2. The topological polar surface area (TPSA) is 92.0 Å². The Kier molecular flexibility index (Phi) is 2.45. The number of nitrogens with one attached hydrogen (secondary N) is 1. The number of nitrogens with two attached hydrogens (primary N) is 1. The van der Waals surface area contributed by atoms with Crippen LogP contribution in [0.25, 0.3) is 22.4 Å². The van der Waals surface area contributed by atoms with Gasteiger partial charge >= 0.3 is 5.97 Å². The summed E-state index contributed by atoms with van der Waals surface area (Å²) in [6.07, 6.45) is 0. The van der Waals surface area contributed by atoms with E-state index in [9.17, 15) is 4.79 Å². The molecule has 0 spiro atoms. The molecule has 94 valence electrons. The van der Waals surface area contributed by atoms with Crippen molar-refractivity contribution in [2.45, 2.75) is 0 Å². The van der Waals surface area contributed by atoms with Crippen LogP contribution in [-0.2, 0) is 0 Å². The van der Waals surface area contributed by atoms with Gasteiger partial charge in [0.2, 0.25) is 0 Å². The van der Waals surface area contributed by atoms with Crippen molar-refractivity contribution >= 4 is 22.7 Å². The Morgan fingerprint density at radius 2 is 2.00 bits per heavy atom. The highest BCUT2D eigenvalue weighted by atomic mass is 16.4. The number of nitrogen functional groups attached to an aromatic ring is 1. The van der Waals surface area contributed by atoms with E-state index in [1.165, 1.54) is 6.07 Å². The molecule has 0 aliphatic heterocycles. The zero-order valence-electron chi connectivity index (χ0n) is 9.92. The highest BCUT2D eigenvalue weighted by Gasteiger charge is 2.10. The minimum absolute atomic E-state index is 0.226. The number of imidazole rings is 1. The Balaban J connectivity index is 2.17. The molecule has 0 saturated heterocycles. The lowest BCUT2D eigenvalue weighted by Gasteiger charge is -2.00. The van der Waals surface area contributed by atoms with Crippen molar-refractivity contribution in [3.8, 4) is 11.4 Å². The van der Waals surface area contributed by atoms with Crippen molar-refractivity contribution < 1.29 is 9.90 Å². The lowest BCUT2D eigenvalue weighted by atomic mass is 10.2. The second kappa shape index (κ2) is 4.13. The van der Waals surface area contributed by atoms with Crippen molar-refractivity contribution in [2.24, 2.45) is 0 Å². The van der Waals surface area contributed by atoms with Crippen molar-refractivity contribution in [3.63, 3.8) is 0 Å². The summed E-state index contributed by atoms with van der Waals surface area (Å²) < 4.78 is 0. The van der Waals surface area contributed by atoms with E-state index in [1.54, 1.807) is 18.2 Å². The van der Waals surface area contributed by atoms with E-state index in [-0.39, 0.29) is 5.56 Å². The largest absolute Gasteiger partial charge is 0.478 e. The minimum atomic E-state index is -0.961. The first-order valence-corrected chi connectivity index (χ1v) is 5.73. The predicted octanol–water partition coefficient (Wildman–Crippen LogP) is 2.51. The summed E-state index contributed by atoms with van der Waals surface area (Å²) in [5, 5.41) is 8.96. The molecule has 4 N–H and O–H groups in total. The number of fused-ring (bicyclic) bond motifs is 1. The molecular weight excluding hydrogens is 242 g/mol. The molecule has 0 radical (unpaired) electrons. The third kappa shape index (κ3) is 1.91. The van der Waals surface area contributed by atoms with Gasteiger partial charge < -0.3 is 15.8 Å². The first-order chi connectivity index (χ1) is 9.15. The number of hydrogen-bond donors (Lipinski definition) is 3. The van der Waals surface area contributed by atoms with Gasteiger partial charge in [-0.05, 0) is 30.3 Å². The van der Waals surface area contributed by atoms with Gasteiger partial charge in [0, 0.05) is 11.3 Å². The molecule has 2 aromatic carbocycles. The number of aromatic nitrogens is 2. The number of aromatic amines is 1. The van der Waals surface area contributed by atoms with Crippen molar-refractivity contribution in [3.05, 3.63) is 48.0 Å². The van der Waals surface area contributed by atoms with Gasteiger partial charge in [-0.15, -0.1) is 0 Å². The summed E-state index contributed by atoms with van der Waals surface area (Å²) in [5.74, 6) is -0.326. The fourth-order valence-corrected chi connectivity index (χ4v) is 1.98. The van der Waals surface area contributed by atoms with E-state index in [4.69, 9.17) is 10.8 Å². The fraction of sp³-hybridized carbons (Fsp3) is 0. The molecule has 5 heteroatoms. The zero-order chi connectivity index (χ0) is 13.4. The molecule has 0 amide bonds. The van der Waals surface area contributed by atoms with Crippen LogP contribution in [-0.4, -0.2) is 21.0 Å². The van der Waals surface area contributed by atoms with Gasteiger partial charge in [-0.3, -0.25) is 0 Å². The summed E-state index contributed by atoms with van der Waals surface area (Å²) in [4.78, 5) is 18.4. The molecule has 0 saturated carbocycles. The van der Waals surface area contributed by atoms with Crippen molar-refractivity contribution in [2.75, 3.05) is 5.73 Å². The van der Waals surface area contributed by atoms with Crippen LogP contribution in [0.2, 0.25) is 0 Å². The van der Waals surface area contributed by atoms with Crippen LogP contribution < -0.4 is 5.73 Å². The predicted molar refractivity (Wildman–Crippen MR) is 72.9 cm³/mol. The number of carboxylic acid groups (broad SMARTS) is 1. The van der Waals surface area contributed by atoms with Crippen LogP contribution in [0.5, 0.6) is 0 Å². The van der Waals surface area contributed by atoms with Crippen LogP contribution in [0.15, 0.2) is 42.5 Å². The molecule has 1 aromatic heterocycles. The number of carbonyl (C=O) groups is 1. The lowest BCUT2D eigenvalue weighted by molar-refractivity contribution is 0.0697. The lowest BCUT2D eigenvalue weighted by Crippen LogP contribution is -1.94. The Morgan fingerprint density at radius 1 is 1.21 bits per heavy atom. The van der Waals surface area contributed by atoms with Crippen LogP contribution >= 0.6 is 0 Å². The zero-order valence-corrected chi connectivity index (χ0v) is 9.92. The molecule has 5 nitrogen and oxygen atoms in total. The summed E-state index contributed by atoms with van der Waals surface area (Å²) in [6.45, 7) is 0. The van der Waals surface area contributed by atoms with E-state index in [2.05, 4.69) is 9.97 Å². The second-order valence-corrected chi connectivity index (χ2v) is 4.21. The molecule has 0 unspecified atom stereocenters. The van der Waals surface area contributed by atoms with Gasteiger partial charge in [-0.2, -0.15) is 0 Å². The smallest absolute Gasteiger partial charge is 0.335 e. The van der Waals surface area contributed by atoms with Gasteiger partial charge in [-0.25, -0.2) is 9.78 Å². The average molecular weight is 253 g/mol. The molecular formula is C14H11N3O2. The summed E-state index contributed by atoms with van der Waals surface area (Å²) in [7, 11) is 0. The normalized spacial score (nSPS) is 10.7. The highest BCUT2D eigenvalue weighted by Crippen LogP contribution is 2.25. The number of carboxylic acids is 1. The van der Waals surface area contributed by atoms with E-state index in [0.717, 1.165) is 5.56 Å². The van der Waals surface area contributed by atoms with E-state index >= 15 is 0 Å². The third-order valence-corrected chi connectivity index (χ3v) is 2.94. The molecule has 0 atom stereocenters. The number of hydrogen-bond acceptors (Lipinski definition) is 3. The first-order valence-electron chi connectivity index (χ1n) is 5.73. The van der Waals surface area contributed by atoms with E-state index < -0.39 is 5.97 Å². The molecule has 0 aliphatic carbocycles. The van der Waals surface area contributed by atoms with Crippen LogP contribution in [0.4, 0.5) is 5.69 Å². The number of anilines is 1. The van der Waals surface area contributed by atoms with Crippen LogP contribution in [0, 0.1) is 0 Å². The maximum absolute atomic E-state index is 10.9. The van der Waals surface area contributed by atoms with Gasteiger partial charge in [0.1, 0.15) is 5.82 Å².